The maximum Gasteiger partial charge on any atom is 0.00837 e. The summed E-state index contributed by atoms with van der Waals surface area (Å²) in [4.78, 5) is 0. The molecule has 0 spiro atoms. The van der Waals surface area contributed by atoms with Crippen LogP contribution in [0.1, 0.15) is 46.0 Å². The summed E-state index contributed by atoms with van der Waals surface area (Å²) in [5.41, 5.74) is 2.62. The Hall–Kier alpha value is 0.174. The average molecular weight is 237 g/mol. The van der Waals surface area contributed by atoms with Gasteiger partial charge in [-0.25, -0.2) is 0 Å². The van der Waals surface area contributed by atoms with Gasteiger partial charge in [-0.05, 0) is 49.4 Å². The van der Waals surface area contributed by atoms with Crippen molar-refractivity contribution in [1.82, 2.24) is 0 Å². The molecule has 0 aromatic carbocycles. The van der Waals surface area contributed by atoms with Crippen molar-refractivity contribution in [1.29, 1.82) is 0 Å². The van der Waals surface area contributed by atoms with Gasteiger partial charge in [0, 0.05) is 18.1 Å². The van der Waals surface area contributed by atoms with E-state index in [1.807, 2.05) is 5.57 Å². The monoisotopic (exact) mass is 236 g/mol. The Balaban J connectivity index is 1.56. The summed E-state index contributed by atoms with van der Waals surface area (Å²) >= 11 is 0. The number of hydrogen-bond acceptors (Lipinski definition) is 0. The topological polar surface area (TPSA) is 0 Å². The molecule has 0 N–H and O–H groups in total. The molecule has 1 heterocycles. The van der Waals surface area contributed by atoms with Crippen LogP contribution in [0.2, 0.25) is 5.16 Å². The van der Waals surface area contributed by atoms with Crippen LogP contribution in [0.25, 0.3) is 0 Å². The third kappa shape index (κ3) is 2.03. The second kappa shape index (κ2) is 3.59. The predicted molar refractivity (Wildman–Crippen MR) is 72.8 cm³/mol. The van der Waals surface area contributed by atoms with Crippen LogP contribution in [0.15, 0.2) is 11.6 Å². The van der Waals surface area contributed by atoms with Crippen molar-refractivity contribution >= 4 is 18.1 Å². The van der Waals surface area contributed by atoms with Gasteiger partial charge in [-0.15, -0.1) is 0 Å². The molecule has 0 radical (unpaired) electrons. The molecule has 0 amide bonds. The van der Waals surface area contributed by atoms with Crippen LogP contribution in [0.5, 0.6) is 0 Å². The van der Waals surface area contributed by atoms with E-state index >= 15 is 0 Å². The summed E-state index contributed by atoms with van der Waals surface area (Å²) in [7, 11) is 1.09. The molecule has 3 rings (SSSR count). The van der Waals surface area contributed by atoms with Crippen molar-refractivity contribution < 1.29 is 0 Å². The molecule has 1 saturated heterocycles. The maximum absolute atomic E-state index is 2.64. The molecule has 3 aliphatic rings. The maximum atomic E-state index is 2.64. The van der Waals surface area contributed by atoms with Gasteiger partial charge in [-0.3, -0.25) is 0 Å². The van der Waals surface area contributed by atoms with E-state index in [1.165, 1.54) is 37.3 Å². The van der Waals surface area contributed by atoms with Crippen molar-refractivity contribution in [2.45, 2.75) is 51.1 Å². The minimum absolute atomic E-state index is 0.545. The van der Waals surface area contributed by atoms with Gasteiger partial charge >= 0.3 is 0 Å². The molecule has 0 aromatic heterocycles. The molecular formula is C13H24Si2. The Kier molecular flexibility index (Phi) is 2.47. The first-order valence-electron chi connectivity index (χ1n) is 6.86. The van der Waals surface area contributed by atoms with Crippen LogP contribution >= 0.6 is 0 Å². The Morgan fingerprint density at radius 3 is 2.67 bits per heavy atom. The van der Waals surface area contributed by atoms with E-state index < -0.39 is 0 Å². The summed E-state index contributed by atoms with van der Waals surface area (Å²) in [5.74, 6) is 2.03. The van der Waals surface area contributed by atoms with E-state index in [-0.39, 0.29) is 0 Å². The first kappa shape index (κ1) is 10.3. The average Bonchev–Trinajstić information content (AvgIpc) is 2.88. The summed E-state index contributed by atoms with van der Waals surface area (Å²) < 4.78 is 0. The Bertz CT molecular complexity index is 289. The van der Waals surface area contributed by atoms with Crippen molar-refractivity contribution in [3.8, 4) is 0 Å². The van der Waals surface area contributed by atoms with Crippen molar-refractivity contribution in [3.05, 3.63) is 11.6 Å². The van der Waals surface area contributed by atoms with Gasteiger partial charge in [0.1, 0.15) is 0 Å². The molecule has 2 fully saturated rings. The van der Waals surface area contributed by atoms with Crippen LogP contribution in [0.3, 0.4) is 0 Å². The SMILES string of the molecule is CC(C)(CCC1=CC2CCC1C2)C1[SiH2][SiH2]1. The number of allylic oxidation sites excluding steroid dienone is 2. The Morgan fingerprint density at radius 1 is 1.33 bits per heavy atom. The molecule has 2 heteroatoms. The molecule has 84 valence electrons. The van der Waals surface area contributed by atoms with E-state index in [9.17, 15) is 0 Å². The zero-order chi connectivity index (χ0) is 10.5. The lowest BCUT2D eigenvalue weighted by atomic mass is 9.84. The Morgan fingerprint density at radius 2 is 2.13 bits per heavy atom. The number of rotatable bonds is 4. The highest BCUT2D eigenvalue weighted by molar-refractivity contribution is 7.22. The molecule has 1 saturated carbocycles. The van der Waals surface area contributed by atoms with Crippen LogP contribution < -0.4 is 0 Å². The first-order chi connectivity index (χ1) is 7.15. The summed E-state index contributed by atoms with van der Waals surface area (Å²) in [6, 6.07) is 0. The standard InChI is InChI=1S/C13H24Si2/c1-13(2,12-14-15-12)6-5-11-8-9-3-4-10(11)7-9/h8-10,12H,3-7,14-15H2,1-2H3. The molecule has 0 aromatic rings. The van der Waals surface area contributed by atoms with Crippen LogP contribution in [-0.4, -0.2) is 18.1 Å². The molecule has 2 bridgehead atoms. The second-order valence-electron chi connectivity index (χ2n) is 6.77. The normalized spacial score (nSPS) is 41.5. The quantitative estimate of drug-likeness (QED) is 0.518. The number of fused-ring (bicyclic) bond motifs is 2. The van der Waals surface area contributed by atoms with E-state index in [1.54, 1.807) is 0 Å². The molecule has 1 aliphatic heterocycles. The fourth-order valence-corrected chi connectivity index (χ4v) is 11.1. The van der Waals surface area contributed by atoms with Gasteiger partial charge in [-0.2, -0.15) is 0 Å². The molecule has 0 nitrogen and oxygen atoms in total. The Labute approximate surface area is 98.3 Å². The zero-order valence-corrected chi connectivity index (χ0v) is 13.1. The fourth-order valence-electron chi connectivity index (χ4n) is 3.77. The van der Waals surface area contributed by atoms with Gasteiger partial charge < -0.3 is 0 Å². The zero-order valence-electron chi connectivity index (χ0n) is 10.3. The second-order valence-corrected chi connectivity index (χ2v) is 14.5. The van der Waals surface area contributed by atoms with Gasteiger partial charge in [-0.1, -0.05) is 30.7 Å². The van der Waals surface area contributed by atoms with Crippen molar-refractivity contribution in [3.63, 3.8) is 0 Å². The van der Waals surface area contributed by atoms with Gasteiger partial charge in [0.15, 0.2) is 0 Å². The predicted octanol–water partition coefficient (Wildman–Crippen LogP) is 2.16. The van der Waals surface area contributed by atoms with Crippen molar-refractivity contribution in [2.75, 3.05) is 0 Å². The van der Waals surface area contributed by atoms with Gasteiger partial charge in [0.2, 0.25) is 0 Å². The number of hydrogen-bond donors (Lipinski definition) is 0. The minimum atomic E-state index is 0.545. The summed E-state index contributed by atoms with van der Waals surface area (Å²) in [5, 5.41) is 1.33. The first-order valence-corrected chi connectivity index (χ1v) is 12.5. The van der Waals surface area contributed by atoms with Crippen LogP contribution in [0, 0.1) is 17.3 Å². The smallest absolute Gasteiger partial charge is 0.00837 e. The van der Waals surface area contributed by atoms with Crippen LogP contribution in [-0.2, 0) is 0 Å². The molecule has 2 unspecified atom stereocenters. The molecule has 2 aliphatic carbocycles. The van der Waals surface area contributed by atoms with E-state index in [2.05, 4.69) is 19.9 Å². The molecular weight excluding hydrogens is 212 g/mol. The van der Waals surface area contributed by atoms with Crippen LogP contribution in [0.4, 0.5) is 0 Å². The molecule has 2 atom stereocenters. The minimum Gasteiger partial charge on any atom is -0.0819 e. The van der Waals surface area contributed by atoms with E-state index in [0.29, 0.717) is 18.1 Å². The molecule has 15 heavy (non-hydrogen) atoms. The highest BCUT2D eigenvalue weighted by atomic mass is 29.2. The largest absolute Gasteiger partial charge is 0.0819 e. The lowest BCUT2D eigenvalue weighted by Gasteiger charge is -2.26. The highest BCUT2D eigenvalue weighted by Gasteiger charge is 2.39. The van der Waals surface area contributed by atoms with Crippen molar-refractivity contribution in [2.24, 2.45) is 17.3 Å². The van der Waals surface area contributed by atoms with E-state index in [0.717, 1.165) is 17.3 Å². The summed E-state index contributed by atoms with van der Waals surface area (Å²) in [6.07, 6.45) is 10.1. The lowest BCUT2D eigenvalue weighted by Crippen LogP contribution is -2.13. The third-order valence-electron chi connectivity index (χ3n) is 5.19. The third-order valence-corrected chi connectivity index (χ3v) is 12.0. The van der Waals surface area contributed by atoms with Gasteiger partial charge in [0.05, 0.1) is 0 Å². The van der Waals surface area contributed by atoms with E-state index in [4.69, 9.17) is 0 Å². The summed E-state index contributed by atoms with van der Waals surface area (Å²) in [6.45, 7) is 5.11. The fraction of sp³-hybridized carbons (Fsp3) is 0.846. The lowest BCUT2D eigenvalue weighted by molar-refractivity contribution is 0.358. The van der Waals surface area contributed by atoms with Gasteiger partial charge in [0.25, 0.3) is 0 Å². The highest BCUT2D eigenvalue weighted by Crippen LogP contribution is 2.48.